The predicted molar refractivity (Wildman–Crippen MR) is 72.2 cm³/mol. The SMILES string of the molecule is N#Cc1ccccc1NC(=O)N1CCCCC1C(=O)O. The number of urea groups is 1. The summed E-state index contributed by atoms with van der Waals surface area (Å²) in [5, 5.41) is 20.7. The summed E-state index contributed by atoms with van der Waals surface area (Å²) in [6.45, 7) is 0.414. The number of nitriles is 1. The summed E-state index contributed by atoms with van der Waals surface area (Å²) < 4.78 is 0. The Morgan fingerprint density at radius 2 is 2.10 bits per heavy atom. The molecular weight excluding hydrogens is 258 g/mol. The van der Waals surface area contributed by atoms with E-state index in [1.807, 2.05) is 6.07 Å². The van der Waals surface area contributed by atoms with Crippen LogP contribution in [0.25, 0.3) is 0 Å². The summed E-state index contributed by atoms with van der Waals surface area (Å²) in [7, 11) is 0. The first-order valence-corrected chi connectivity index (χ1v) is 6.43. The Bertz CT molecular complexity index is 565. The molecule has 2 amide bonds. The van der Waals surface area contributed by atoms with Crippen LogP contribution in [0.2, 0.25) is 0 Å². The zero-order valence-electron chi connectivity index (χ0n) is 10.9. The number of benzene rings is 1. The van der Waals surface area contributed by atoms with Crippen LogP contribution in [0.5, 0.6) is 0 Å². The number of piperidine rings is 1. The van der Waals surface area contributed by atoms with Gasteiger partial charge < -0.3 is 15.3 Å². The van der Waals surface area contributed by atoms with Crippen LogP contribution in [-0.4, -0.2) is 34.6 Å². The van der Waals surface area contributed by atoms with Crippen LogP contribution in [0, 0.1) is 11.3 Å². The number of carboxylic acid groups (broad SMARTS) is 1. The fourth-order valence-electron chi connectivity index (χ4n) is 2.31. The number of hydrogen-bond donors (Lipinski definition) is 2. The summed E-state index contributed by atoms with van der Waals surface area (Å²) in [5.41, 5.74) is 0.749. The lowest BCUT2D eigenvalue weighted by Gasteiger charge is -2.32. The molecule has 104 valence electrons. The molecular formula is C14H15N3O3. The lowest BCUT2D eigenvalue weighted by atomic mass is 10.0. The standard InChI is InChI=1S/C14H15N3O3/c15-9-10-5-1-2-6-11(10)16-14(20)17-8-4-3-7-12(17)13(18)19/h1-2,5-6,12H,3-4,7-8H2,(H,16,20)(H,18,19). The number of hydrogen-bond acceptors (Lipinski definition) is 3. The van der Waals surface area contributed by atoms with E-state index in [1.54, 1.807) is 24.3 Å². The van der Waals surface area contributed by atoms with Crippen LogP contribution in [0.3, 0.4) is 0 Å². The molecule has 6 heteroatoms. The molecule has 0 aliphatic carbocycles. The molecule has 0 aromatic heterocycles. The zero-order chi connectivity index (χ0) is 14.5. The van der Waals surface area contributed by atoms with Gasteiger partial charge in [-0.25, -0.2) is 9.59 Å². The molecule has 1 atom stereocenters. The summed E-state index contributed by atoms with van der Waals surface area (Å²) >= 11 is 0. The third-order valence-electron chi connectivity index (χ3n) is 3.34. The van der Waals surface area contributed by atoms with E-state index in [2.05, 4.69) is 5.32 Å². The van der Waals surface area contributed by atoms with Crippen LogP contribution >= 0.6 is 0 Å². The molecule has 2 rings (SSSR count). The number of rotatable bonds is 2. The number of nitrogens with one attached hydrogen (secondary N) is 1. The van der Waals surface area contributed by atoms with Crippen molar-refractivity contribution in [2.75, 3.05) is 11.9 Å². The molecule has 0 bridgehead atoms. The molecule has 0 saturated carbocycles. The Morgan fingerprint density at radius 1 is 1.35 bits per heavy atom. The van der Waals surface area contributed by atoms with Gasteiger partial charge in [-0.05, 0) is 31.4 Å². The average Bonchev–Trinajstić information content (AvgIpc) is 2.47. The van der Waals surface area contributed by atoms with Gasteiger partial charge in [0.05, 0.1) is 11.3 Å². The predicted octanol–water partition coefficient (Wildman–Crippen LogP) is 2.03. The molecule has 0 spiro atoms. The fraction of sp³-hybridized carbons (Fsp3) is 0.357. The molecule has 2 N–H and O–H groups in total. The highest BCUT2D eigenvalue weighted by molar-refractivity contribution is 5.93. The molecule has 1 fully saturated rings. The molecule has 1 aliphatic heterocycles. The second-order valence-corrected chi connectivity index (χ2v) is 4.63. The second kappa shape index (κ2) is 6.06. The first kappa shape index (κ1) is 13.9. The highest BCUT2D eigenvalue weighted by Gasteiger charge is 2.32. The number of nitrogens with zero attached hydrogens (tertiary/aromatic N) is 2. The van der Waals surface area contributed by atoms with Gasteiger partial charge in [0.15, 0.2) is 0 Å². The minimum Gasteiger partial charge on any atom is -0.480 e. The van der Waals surface area contributed by atoms with E-state index in [9.17, 15) is 9.59 Å². The Labute approximate surface area is 116 Å². The van der Waals surface area contributed by atoms with E-state index >= 15 is 0 Å². The van der Waals surface area contributed by atoms with E-state index < -0.39 is 18.0 Å². The number of aliphatic carboxylic acids is 1. The van der Waals surface area contributed by atoms with Crippen LogP contribution in [-0.2, 0) is 4.79 Å². The van der Waals surface area contributed by atoms with Gasteiger partial charge in [-0.3, -0.25) is 0 Å². The monoisotopic (exact) mass is 273 g/mol. The molecule has 1 unspecified atom stereocenters. The van der Waals surface area contributed by atoms with Crippen molar-refractivity contribution in [1.29, 1.82) is 5.26 Å². The lowest BCUT2D eigenvalue weighted by molar-refractivity contribution is -0.143. The topological polar surface area (TPSA) is 93.4 Å². The largest absolute Gasteiger partial charge is 0.480 e. The van der Waals surface area contributed by atoms with Gasteiger partial charge in [0, 0.05) is 6.54 Å². The molecule has 6 nitrogen and oxygen atoms in total. The Balaban J connectivity index is 2.14. The number of carboxylic acids is 1. The molecule has 1 aromatic carbocycles. The maximum absolute atomic E-state index is 12.2. The Morgan fingerprint density at radius 3 is 2.80 bits per heavy atom. The van der Waals surface area contributed by atoms with Crippen LogP contribution in [0.1, 0.15) is 24.8 Å². The molecule has 0 radical (unpaired) electrons. The summed E-state index contributed by atoms with van der Waals surface area (Å²) in [5.74, 6) is -0.992. The smallest absolute Gasteiger partial charge is 0.326 e. The summed E-state index contributed by atoms with van der Waals surface area (Å²) in [6, 6.07) is 7.35. The van der Waals surface area contributed by atoms with E-state index in [0.717, 1.165) is 12.8 Å². The molecule has 1 heterocycles. The van der Waals surface area contributed by atoms with Crippen molar-refractivity contribution in [2.45, 2.75) is 25.3 Å². The maximum Gasteiger partial charge on any atom is 0.326 e. The van der Waals surface area contributed by atoms with Crippen molar-refractivity contribution in [1.82, 2.24) is 4.90 Å². The maximum atomic E-state index is 12.2. The highest BCUT2D eigenvalue weighted by Crippen LogP contribution is 2.20. The summed E-state index contributed by atoms with van der Waals surface area (Å²) in [6.07, 6.45) is 2.05. The van der Waals surface area contributed by atoms with Crippen LogP contribution in [0.15, 0.2) is 24.3 Å². The Kier molecular flexibility index (Phi) is 4.20. The van der Waals surface area contributed by atoms with Crippen LogP contribution in [0.4, 0.5) is 10.5 Å². The average molecular weight is 273 g/mol. The number of para-hydroxylation sites is 1. The van der Waals surface area contributed by atoms with E-state index in [-0.39, 0.29) is 0 Å². The molecule has 1 aliphatic rings. The van der Waals surface area contributed by atoms with Crippen molar-refractivity contribution in [2.24, 2.45) is 0 Å². The van der Waals surface area contributed by atoms with Gasteiger partial charge >= 0.3 is 12.0 Å². The van der Waals surface area contributed by atoms with E-state index in [4.69, 9.17) is 10.4 Å². The molecule has 1 saturated heterocycles. The number of anilines is 1. The first-order valence-electron chi connectivity index (χ1n) is 6.43. The quantitative estimate of drug-likeness (QED) is 0.862. The number of amides is 2. The van der Waals surface area contributed by atoms with Gasteiger partial charge in [0.1, 0.15) is 12.1 Å². The lowest BCUT2D eigenvalue weighted by Crippen LogP contribution is -2.49. The minimum atomic E-state index is -0.992. The van der Waals surface area contributed by atoms with Gasteiger partial charge in [-0.2, -0.15) is 5.26 Å². The second-order valence-electron chi connectivity index (χ2n) is 4.63. The normalized spacial score (nSPS) is 18.1. The van der Waals surface area contributed by atoms with Gasteiger partial charge in [-0.15, -0.1) is 0 Å². The van der Waals surface area contributed by atoms with Crippen molar-refractivity contribution >= 4 is 17.7 Å². The molecule has 1 aromatic rings. The van der Waals surface area contributed by atoms with Crippen molar-refractivity contribution < 1.29 is 14.7 Å². The van der Waals surface area contributed by atoms with Crippen molar-refractivity contribution in [3.63, 3.8) is 0 Å². The third-order valence-corrected chi connectivity index (χ3v) is 3.34. The number of likely N-dealkylation sites (tertiary alicyclic amines) is 1. The van der Waals surface area contributed by atoms with Gasteiger partial charge in [0.2, 0.25) is 0 Å². The molecule has 20 heavy (non-hydrogen) atoms. The summed E-state index contributed by atoms with van der Waals surface area (Å²) in [4.78, 5) is 24.7. The number of carbonyl (C=O) groups excluding carboxylic acids is 1. The number of carbonyl (C=O) groups is 2. The fourth-order valence-corrected chi connectivity index (χ4v) is 2.31. The highest BCUT2D eigenvalue weighted by atomic mass is 16.4. The van der Waals surface area contributed by atoms with E-state index in [1.165, 1.54) is 4.90 Å². The van der Waals surface area contributed by atoms with Gasteiger partial charge in [-0.1, -0.05) is 12.1 Å². The van der Waals surface area contributed by atoms with E-state index in [0.29, 0.717) is 24.2 Å². The van der Waals surface area contributed by atoms with Crippen molar-refractivity contribution in [3.05, 3.63) is 29.8 Å². The third kappa shape index (κ3) is 2.88. The van der Waals surface area contributed by atoms with Gasteiger partial charge in [0.25, 0.3) is 0 Å². The first-order chi connectivity index (χ1) is 9.63. The minimum absolute atomic E-state index is 0.352. The zero-order valence-corrected chi connectivity index (χ0v) is 10.9. The van der Waals surface area contributed by atoms with Crippen molar-refractivity contribution in [3.8, 4) is 6.07 Å². The van der Waals surface area contributed by atoms with Crippen LogP contribution < -0.4 is 5.32 Å². The Hall–Kier alpha value is -2.55.